The zero-order valence-electron chi connectivity index (χ0n) is 11.3. The van der Waals surface area contributed by atoms with Gasteiger partial charge in [0.25, 0.3) is 0 Å². The summed E-state index contributed by atoms with van der Waals surface area (Å²) in [6, 6.07) is 4.14. The highest BCUT2D eigenvalue weighted by atomic mass is 32.2. The van der Waals surface area contributed by atoms with Crippen LogP contribution in [0.25, 0.3) is 0 Å². The molecule has 2 fully saturated rings. The monoisotopic (exact) mass is 298 g/mol. The summed E-state index contributed by atoms with van der Waals surface area (Å²) in [6.07, 6.45) is 3.91. The minimum atomic E-state index is -3.75. The van der Waals surface area contributed by atoms with Crippen molar-refractivity contribution in [3.63, 3.8) is 0 Å². The fraction of sp³-hybridized carbons (Fsp3) is 0.571. The smallest absolute Gasteiger partial charge is 0.246 e. The number of hydrogen-bond donors (Lipinski definition) is 1. The van der Waals surface area contributed by atoms with Gasteiger partial charge in [0.1, 0.15) is 10.7 Å². The molecule has 0 amide bonds. The summed E-state index contributed by atoms with van der Waals surface area (Å²) in [7, 11) is -3.75. The predicted molar refractivity (Wildman–Crippen MR) is 73.9 cm³/mol. The molecule has 110 valence electrons. The normalized spacial score (nSPS) is 19.6. The number of halogens is 1. The first-order valence-electron chi connectivity index (χ1n) is 7.02. The van der Waals surface area contributed by atoms with Gasteiger partial charge in [0.05, 0.1) is 0 Å². The SMILES string of the molecule is NCc1ccc(F)c(S(=O)(=O)N(CC2CC2)C2CC2)c1. The Balaban J connectivity index is 1.96. The van der Waals surface area contributed by atoms with Gasteiger partial charge in [-0.2, -0.15) is 4.31 Å². The van der Waals surface area contributed by atoms with Crippen molar-refractivity contribution in [1.29, 1.82) is 0 Å². The van der Waals surface area contributed by atoms with E-state index in [2.05, 4.69) is 0 Å². The van der Waals surface area contributed by atoms with Crippen molar-refractivity contribution in [2.45, 2.75) is 43.2 Å². The lowest BCUT2D eigenvalue weighted by Crippen LogP contribution is -2.35. The van der Waals surface area contributed by atoms with Crippen molar-refractivity contribution in [2.24, 2.45) is 11.7 Å². The fourth-order valence-corrected chi connectivity index (χ4v) is 4.24. The first kappa shape index (κ1) is 14.0. The molecule has 2 aliphatic rings. The van der Waals surface area contributed by atoms with Crippen LogP contribution in [0.1, 0.15) is 31.2 Å². The van der Waals surface area contributed by atoms with Gasteiger partial charge in [-0.25, -0.2) is 12.8 Å². The Morgan fingerprint density at radius 1 is 1.25 bits per heavy atom. The summed E-state index contributed by atoms with van der Waals surface area (Å²) in [5.41, 5.74) is 6.15. The summed E-state index contributed by atoms with van der Waals surface area (Å²) in [6.45, 7) is 0.730. The highest BCUT2D eigenvalue weighted by Gasteiger charge is 2.42. The van der Waals surface area contributed by atoms with Gasteiger partial charge in [-0.05, 0) is 49.3 Å². The molecule has 0 atom stereocenters. The van der Waals surface area contributed by atoms with E-state index in [-0.39, 0.29) is 17.5 Å². The summed E-state index contributed by atoms with van der Waals surface area (Å²) >= 11 is 0. The maximum atomic E-state index is 14.0. The molecule has 0 aromatic heterocycles. The molecule has 2 saturated carbocycles. The van der Waals surface area contributed by atoms with Crippen molar-refractivity contribution in [3.8, 4) is 0 Å². The van der Waals surface area contributed by atoms with Crippen LogP contribution in [0.2, 0.25) is 0 Å². The third-order valence-electron chi connectivity index (χ3n) is 3.91. The molecule has 2 N–H and O–H groups in total. The van der Waals surface area contributed by atoms with E-state index in [1.54, 1.807) is 0 Å². The summed E-state index contributed by atoms with van der Waals surface area (Å²) < 4.78 is 40.9. The molecule has 2 aliphatic carbocycles. The predicted octanol–water partition coefficient (Wildman–Crippen LogP) is 1.85. The van der Waals surface area contributed by atoms with Crippen LogP contribution in [0.15, 0.2) is 23.1 Å². The molecule has 1 aromatic carbocycles. The van der Waals surface area contributed by atoms with E-state index in [4.69, 9.17) is 5.73 Å². The van der Waals surface area contributed by atoms with Crippen molar-refractivity contribution >= 4 is 10.0 Å². The average Bonchev–Trinajstić information content (AvgIpc) is 3.28. The van der Waals surface area contributed by atoms with Gasteiger partial charge >= 0.3 is 0 Å². The Morgan fingerprint density at radius 3 is 2.50 bits per heavy atom. The lowest BCUT2D eigenvalue weighted by molar-refractivity contribution is 0.386. The van der Waals surface area contributed by atoms with E-state index in [1.807, 2.05) is 0 Å². The zero-order valence-corrected chi connectivity index (χ0v) is 12.1. The van der Waals surface area contributed by atoms with E-state index in [1.165, 1.54) is 22.5 Å². The molecule has 0 saturated heterocycles. The van der Waals surface area contributed by atoms with Gasteiger partial charge in [0.15, 0.2) is 0 Å². The van der Waals surface area contributed by atoms with Gasteiger partial charge in [0.2, 0.25) is 10.0 Å². The number of hydrogen-bond acceptors (Lipinski definition) is 3. The lowest BCUT2D eigenvalue weighted by atomic mass is 10.2. The fourth-order valence-electron chi connectivity index (χ4n) is 2.36. The molecule has 0 spiro atoms. The molecule has 4 nitrogen and oxygen atoms in total. The van der Waals surface area contributed by atoms with E-state index >= 15 is 0 Å². The van der Waals surface area contributed by atoms with Crippen LogP contribution in [0.5, 0.6) is 0 Å². The molecule has 0 bridgehead atoms. The second-order valence-electron chi connectivity index (χ2n) is 5.72. The van der Waals surface area contributed by atoms with Crippen LogP contribution in [-0.2, 0) is 16.6 Å². The summed E-state index contributed by atoms with van der Waals surface area (Å²) in [4.78, 5) is -0.229. The van der Waals surface area contributed by atoms with Gasteiger partial charge in [-0.15, -0.1) is 0 Å². The minimum Gasteiger partial charge on any atom is -0.326 e. The number of nitrogens with two attached hydrogens (primary N) is 1. The quantitative estimate of drug-likeness (QED) is 0.871. The van der Waals surface area contributed by atoms with Crippen molar-refractivity contribution < 1.29 is 12.8 Å². The Kier molecular flexibility index (Phi) is 3.56. The third-order valence-corrected chi connectivity index (χ3v) is 5.84. The largest absolute Gasteiger partial charge is 0.326 e. The second-order valence-corrected chi connectivity index (χ2v) is 7.58. The first-order chi connectivity index (χ1) is 9.52. The van der Waals surface area contributed by atoms with Crippen molar-refractivity contribution in [1.82, 2.24) is 4.31 Å². The number of nitrogens with zero attached hydrogens (tertiary/aromatic N) is 1. The van der Waals surface area contributed by atoms with E-state index in [9.17, 15) is 12.8 Å². The first-order valence-corrected chi connectivity index (χ1v) is 8.46. The Bertz CT molecular complexity index is 610. The number of rotatable bonds is 6. The summed E-state index contributed by atoms with van der Waals surface area (Å²) in [5, 5.41) is 0. The zero-order chi connectivity index (χ0) is 14.3. The lowest BCUT2D eigenvalue weighted by Gasteiger charge is -2.22. The minimum absolute atomic E-state index is 0.0570. The third kappa shape index (κ3) is 2.73. The van der Waals surface area contributed by atoms with Gasteiger partial charge < -0.3 is 5.73 Å². The Hall–Kier alpha value is -0.980. The van der Waals surface area contributed by atoms with Crippen LogP contribution < -0.4 is 5.73 Å². The average molecular weight is 298 g/mol. The van der Waals surface area contributed by atoms with Crippen LogP contribution in [0, 0.1) is 11.7 Å². The van der Waals surface area contributed by atoms with Gasteiger partial charge in [0, 0.05) is 19.1 Å². The molecule has 6 heteroatoms. The highest BCUT2D eigenvalue weighted by molar-refractivity contribution is 7.89. The van der Waals surface area contributed by atoms with Gasteiger partial charge in [-0.1, -0.05) is 6.07 Å². The molecular weight excluding hydrogens is 279 g/mol. The summed E-state index contributed by atoms with van der Waals surface area (Å²) in [5.74, 6) is -0.241. The molecule has 0 heterocycles. The Morgan fingerprint density at radius 2 is 1.95 bits per heavy atom. The topological polar surface area (TPSA) is 63.4 Å². The molecule has 20 heavy (non-hydrogen) atoms. The highest BCUT2D eigenvalue weighted by Crippen LogP contribution is 2.38. The molecule has 0 radical (unpaired) electrons. The van der Waals surface area contributed by atoms with Crippen molar-refractivity contribution in [3.05, 3.63) is 29.6 Å². The van der Waals surface area contributed by atoms with Crippen molar-refractivity contribution in [2.75, 3.05) is 6.54 Å². The van der Waals surface area contributed by atoms with Crippen LogP contribution >= 0.6 is 0 Å². The molecule has 0 unspecified atom stereocenters. The number of sulfonamides is 1. The van der Waals surface area contributed by atoms with Crippen LogP contribution in [-0.4, -0.2) is 25.3 Å². The molecule has 3 rings (SSSR count). The standard InChI is InChI=1S/C14H19FN2O2S/c15-13-6-3-11(8-16)7-14(13)20(18,19)17(12-4-5-12)9-10-1-2-10/h3,6-7,10,12H,1-2,4-5,8-9,16H2. The molecule has 1 aromatic rings. The van der Waals surface area contributed by atoms with E-state index in [0.717, 1.165) is 25.7 Å². The maximum absolute atomic E-state index is 14.0. The van der Waals surface area contributed by atoms with Crippen LogP contribution in [0.4, 0.5) is 4.39 Å². The molecular formula is C14H19FN2O2S. The van der Waals surface area contributed by atoms with Gasteiger partial charge in [-0.3, -0.25) is 0 Å². The van der Waals surface area contributed by atoms with Crippen LogP contribution in [0.3, 0.4) is 0 Å². The number of benzene rings is 1. The van der Waals surface area contributed by atoms with E-state index in [0.29, 0.717) is 18.0 Å². The molecule has 0 aliphatic heterocycles. The second kappa shape index (κ2) is 5.09. The maximum Gasteiger partial charge on any atom is 0.246 e. The van der Waals surface area contributed by atoms with E-state index < -0.39 is 15.8 Å². The Labute approximate surface area is 118 Å².